The van der Waals surface area contributed by atoms with Gasteiger partial charge in [-0.05, 0) is 30.2 Å². The van der Waals surface area contributed by atoms with E-state index in [9.17, 15) is 4.79 Å². The van der Waals surface area contributed by atoms with Gasteiger partial charge in [0.05, 0.1) is 5.56 Å². The first kappa shape index (κ1) is 11.5. The van der Waals surface area contributed by atoms with Gasteiger partial charge in [-0.25, -0.2) is 4.79 Å². The van der Waals surface area contributed by atoms with Crippen molar-refractivity contribution in [3.05, 3.63) is 69.2 Å². The fourth-order valence-electron chi connectivity index (χ4n) is 2.31. The summed E-state index contributed by atoms with van der Waals surface area (Å²) in [5, 5.41) is 0. The van der Waals surface area contributed by atoms with Gasteiger partial charge < -0.3 is 4.74 Å². The summed E-state index contributed by atoms with van der Waals surface area (Å²) in [6, 6.07) is 13.5. The highest BCUT2D eigenvalue weighted by Crippen LogP contribution is 2.39. The molecule has 0 saturated carbocycles. The van der Waals surface area contributed by atoms with Gasteiger partial charge >= 0.3 is 5.97 Å². The maximum atomic E-state index is 11.9. The zero-order chi connectivity index (χ0) is 12.7. The van der Waals surface area contributed by atoms with Gasteiger partial charge in [0.2, 0.25) is 0 Å². The first-order valence-corrected chi connectivity index (χ1v) is 6.52. The Morgan fingerprint density at radius 1 is 1.11 bits per heavy atom. The number of rotatable bonds is 1. The lowest BCUT2D eigenvalue weighted by Gasteiger charge is -2.13. The standard InChI is InChI=1S/C15H11BrO2/c1-9-12(16)8-7-11-13(9)14(18-15(11)17)10-5-3-2-4-6-10/h2-8,14H,1H3. The van der Waals surface area contributed by atoms with Crippen molar-refractivity contribution in [2.75, 3.05) is 0 Å². The van der Waals surface area contributed by atoms with Crippen LogP contribution in [0.1, 0.15) is 33.2 Å². The van der Waals surface area contributed by atoms with E-state index in [0.717, 1.165) is 21.2 Å². The highest BCUT2D eigenvalue weighted by atomic mass is 79.9. The molecule has 2 aromatic carbocycles. The molecule has 0 bridgehead atoms. The summed E-state index contributed by atoms with van der Waals surface area (Å²) >= 11 is 3.50. The molecule has 2 nitrogen and oxygen atoms in total. The molecule has 0 radical (unpaired) electrons. The van der Waals surface area contributed by atoms with Gasteiger partial charge in [-0.1, -0.05) is 46.3 Å². The SMILES string of the molecule is Cc1c(Br)ccc2c1C(c1ccccc1)OC2=O. The number of esters is 1. The second-order valence-corrected chi connectivity index (χ2v) is 5.18. The fourth-order valence-corrected chi connectivity index (χ4v) is 2.66. The summed E-state index contributed by atoms with van der Waals surface area (Å²) < 4.78 is 6.49. The van der Waals surface area contributed by atoms with Crippen molar-refractivity contribution in [3.8, 4) is 0 Å². The predicted octanol–water partition coefficient (Wildman–Crippen LogP) is 4.02. The number of hydrogen-bond acceptors (Lipinski definition) is 2. The van der Waals surface area contributed by atoms with E-state index in [1.54, 1.807) is 0 Å². The average molecular weight is 303 g/mol. The summed E-state index contributed by atoms with van der Waals surface area (Å²) in [4.78, 5) is 11.9. The van der Waals surface area contributed by atoms with Gasteiger partial charge in [0.1, 0.15) is 0 Å². The van der Waals surface area contributed by atoms with E-state index in [1.165, 1.54) is 0 Å². The summed E-state index contributed by atoms with van der Waals surface area (Å²) in [5.41, 5.74) is 3.71. The molecule has 0 saturated heterocycles. The van der Waals surface area contributed by atoms with Crippen molar-refractivity contribution in [1.29, 1.82) is 0 Å². The molecule has 90 valence electrons. The van der Waals surface area contributed by atoms with E-state index in [1.807, 2.05) is 49.4 Å². The third-order valence-corrected chi connectivity index (χ3v) is 4.12. The van der Waals surface area contributed by atoms with Crippen LogP contribution >= 0.6 is 15.9 Å². The number of carbonyl (C=O) groups excluding carboxylic acids is 1. The van der Waals surface area contributed by atoms with E-state index in [4.69, 9.17) is 4.74 Å². The van der Waals surface area contributed by atoms with Crippen LogP contribution in [0.3, 0.4) is 0 Å². The summed E-state index contributed by atoms with van der Waals surface area (Å²) in [6.45, 7) is 2.00. The predicted molar refractivity (Wildman–Crippen MR) is 72.6 cm³/mol. The van der Waals surface area contributed by atoms with Crippen LogP contribution in [0.2, 0.25) is 0 Å². The number of benzene rings is 2. The summed E-state index contributed by atoms with van der Waals surface area (Å²) in [6.07, 6.45) is -0.286. The molecular weight excluding hydrogens is 292 g/mol. The Morgan fingerprint density at radius 2 is 1.83 bits per heavy atom. The molecule has 3 rings (SSSR count). The second-order valence-electron chi connectivity index (χ2n) is 4.33. The molecule has 0 aliphatic carbocycles. The van der Waals surface area contributed by atoms with Crippen molar-refractivity contribution in [1.82, 2.24) is 0 Å². The number of ether oxygens (including phenoxy) is 1. The molecule has 0 amide bonds. The Kier molecular flexibility index (Phi) is 2.71. The minimum atomic E-state index is -0.286. The van der Waals surface area contributed by atoms with Crippen LogP contribution in [-0.4, -0.2) is 5.97 Å². The minimum Gasteiger partial charge on any atom is -0.449 e. The molecule has 3 heteroatoms. The van der Waals surface area contributed by atoms with Crippen LogP contribution < -0.4 is 0 Å². The molecular formula is C15H11BrO2. The van der Waals surface area contributed by atoms with E-state index in [-0.39, 0.29) is 12.1 Å². The lowest BCUT2D eigenvalue weighted by atomic mass is 9.95. The maximum Gasteiger partial charge on any atom is 0.339 e. The van der Waals surface area contributed by atoms with Gasteiger partial charge in [-0.2, -0.15) is 0 Å². The molecule has 1 unspecified atom stereocenters. The lowest BCUT2D eigenvalue weighted by Crippen LogP contribution is -2.01. The Labute approximate surface area is 114 Å². The number of hydrogen-bond donors (Lipinski definition) is 0. The molecule has 0 spiro atoms. The molecule has 18 heavy (non-hydrogen) atoms. The molecule has 1 atom stereocenters. The van der Waals surface area contributed by atoms with Crippen LogP contribution in [0.5, 0.6) is 0 Å². The Bertz CT molecular complexity index is 620. The summed E-state index contributed by atoms with van der Waals surface area (Å²) in [7, 11) is 0. The van der Waals surface area contributed by atoms with E-state index in [0.29, 0.717) is 5.56 Å². The molecule has 1 aliphatic heterocycles. The lowest BCUT2D eigenvalue weighted by molar-refractivity contribution is 0.0455. The van der Waals surface area contributed by atoms with Crippen molar-refractivity contribution >= 4 is 21.9 Å². The zero-order valence-electron chi connectivity index (χ0n) is 9.81. The van der Waals surface area contributed by atoms with Crippen LogP contribution in [0, 0.1) is 6.92 Å². The molecule has 1 aliphatic rings. The first-order chi connectivity index (χ1) is 8.68. The second kappa shape index (κ2) is 4.25. The van der Waals surface area contributed by atoms with Crippen molar-refractivity contribution in [3.63, 3.8) is 0 Å². The van der Waals surface area contributed by atoms with Crippen LogP contribution in [-0.2, 0) is 4.74 Å². The highest BCUT2D eigenvalue weighted by molar-refractivity contribution is 9.10. The van der Waals surface area contributed by atoms with Crippen molar-refractivity contribution < 1.29 is 9.53 Å². The molecule has 2 aromatic rings. The zero-order valence-corrected chi connectivity index (χ0v) is 11.4. The van der Waals surface area contributed by atoms with Crippen molar-refractivity contribution in [2.24, 2.45) is 0 Å². The molecule has 0 N–H and O–H groups in total. The van der Waals surface area contributed by atoms with Gasteiger partial charge in [-0.3, -0.25) is 0 Å². The Balaban J connectivity index is 2.19. The molecule has 0 fully saturated rings. The fraction of sp³-hybridized carbons (Fsp3) is 0.133. The molecule has 0 aromatic heterocycles. The van der Waals surface area contributed by atoms with E-state index in [2.05, 4.69) is 15.9 Å². The number of fused-ring (bicyclic) bond motifs is 1. The smallest absolute Gasteiger partial charge is 0.339 e. The first-order valence-electron chi connectivity index (χ1n) is 5.73. The van der Waals surface area contributed by atoms with E-state index >= 15 is 0 Å². The van der Waals surface area contributed by atoms with Crippen LogP contribution in [0.15, 0.2) is 46.9 Å². The van der Waals surface area contributed by atoms with Gasteiger partial charge in [0, 0.05) is 10.0 Å². The quantitative estimate of drug-likeness (QED) is 0.744. The highest BCUT2D eigenvalue weighted by Gasteiger charge is 2.33. The third kappa shape index (κ3) is 1.66. The minimum absolute atomic E-state index is 0.241. The Hall–Kier alpha value is -1.61. The normalized spacial score (nSPS) is 17.4. The maximum absolute atomic E-state index is 11.9. The average Bonchev–Trinajstić information content (AvgIpc) is 2.73. The third-order valence-electron chi connectivity index (χ3n) is 3.26. The number of halogens is 1. The topological polar surface area (TPSA) is 26.3 Å². The largest absolute Gasteiger partial charge is 0.449 e. The van der Waals surface area contributed by atoms with Gasteiger partial charge in [0.25, 0.3) is 0 Å². The number of carbonyl (C=O) groups is 1. The Morgan fingerprint density at radius 3 is 2.56 bits per heavy atom. The van der Waals surface area contributed by atoms with Crippen molar-refractivity contribution in [2.45, 2.75) is 13.0 Å². The summed E-state index contributed by atoms with van der Waals surface area (Å²) in [5.74, 6) is -0.241. The van der Waals surface area contributed by atoms with Gasteiger partial charge in [0.15, 0.2) is 6.10 Å². The van der Waals surface area contributed by atoms with Crippen LogP contribution in [0.25, 0.3) is 0 Å². The monoisotopic (exact) mass is 302 g/mol. The molecule has 1 heterocycles. The van der Waals surface area contributed by atoms with Gasteiger partial charge in [-0.15, -0.1) is 0 Å². The van der Waals surface area contributed by atoms with Crippen LogP contribution in [0.4, 0.5) is 0 Å². The van der Waals surface area contributed by atoms with E-state index < -0.39 is 0 Å². The number of cyclic esters (lactones) is 1.